The lowest BCUT2D eigenvalue weighted by Gasteiger charge is -2.30. The molecular formula is C22H19FN2O3S. The Bertz CT molecular complexity index is 1080. The number of esters is 1. The number of aromatic nitrogens is 1. The van der Waals surface area contributed by atoms with Gasteiger partial charge in [-0.1, -0.05) is 18.2 Å². The molecule has 0 saturated heterocycles. The molecule has 0 N–H and O–H groups in total. The number of anilines is 1. The van der Waals surface area contributed by atoms with Crippen molar-refractivity contribution in [3.8, 4) is 10.6 Å². The van der Waals surface area contributed by atoms with E-state index < -0.39 is 5.97 Å². The van der Waals surface area contributed by atoms with Crippen molar-refractivity contribution in [1.82, 2.24) is 4.98 Å². The Kier molecular flexibility index (Phi) is 5.40. The van der Waals surface area contributed by atoms with Gasteiger partial charge >= 0.3 is 5.97 Å². The normalized spacial score (nSPS) is 13.1. The molecule has 2 aromatic carbocycles. The maximum atomic E-state index is 13.5. The molecule has 29 heavy (non-hydrogen) atoms. The Morgan fingerprint density at radius 3 is 2.86 bits per heavy atom. The molecule has 0 aliphatic carbocycles. The number of nitrogens with zero attached hydrogens (tertiary/aromatic N) is 2. The summed E-state index contributed by atoms with van der Waals surface area (Å²) < 4.78 is 18.3. The highest BCUT2D eigenvalue weighted by Gasteiger charge is 2.26. The minimum atomic E-state index is -0.393. The van der Waals surface area contributed by atoms with Gasteiger partial charge in [0.1, 0.15) is 10.8 Å². The summed E-state index contributed by atoms with van der Waals surface area (Å²) >= 11 is 1.39. The fourth-order valence-electron chi connectivity index (χ4n) is 3.58. The second-order valence-electron chi connectivity index (χ2n) is 6.77. The van der Waals surface area contributed by atoms with E-state index in [4.69, 9.17) is 4.74 Å². The van der Waals surface area contributed by atoms with E-state index in [0.29, 0.717) is 28.4 Å². The van der Waals surface area contributed by atoms with Gasteiger partial charge in [-0.2, -0.15) is 0 Å². The van der Waals surface area contributed by atoms with E-state index in [0.717, 1.165) is 24.1 Å². The minimum absolute atomic E-state index is 0.0796. The number of hydrogen-bond donors (Lipinski definition) is 0. The van der Waals surface area contributed by atoms with E-state index in [2.05, 4.69) is 4.98 Å². The summed E-state index contributed by atoms with van der Waals surface area (Å²) in [4.78, 5) is 31.3. The van der Waals surface area contributed by atoms with Gasteiger partial charge in [0.2, 0.25) is 5.91 Å². The van der Waals surface area contributed by atoms with Crippen molar-refractivity contribution < 1.29 is 18.7 Å². The van der Waals surface area contributed by atoms with Crippen molar-refractivity contribution in [2.45, 2.75) is 19.3 Å². The summed E-state index contributed by atoms with van der Waals surface area (Å²) in [5.74, 6) is -0.791. The molecule has 0 bridgehead atoms. The predicted octanol–water partition coefficient (Wildman–Crippen LogP) is 4.26. The van der Waals surface area contributed by atoms with Crippen LogP contribution in [0, 0.1) is 5.82 Å². The van der Waals surface area contributed by atoms with Gasteiger partial charge in [-0.05, 0) is 42.7 Å². The lowest BCUT2D eigenvalue weighted by Crippen LogP contribution is -2.37. The molecule has 1 aliphatic rings. The van der Waals surface area contributed by atoms with Crippen LogP contribution in [0.25, 0.3) is 10.6 Å². The van der Waals surface area contributed by atoms with Gasteiger partial charge in [-0.15, -0.1) is 11.3 Å². The summed E-state index contributed by atoms with van der Waals surface area (Å²) in [7, 11) is 1.35. The number of halogens is 1. The molecule has 0 atom stereocenters. The molecule has 0 saturated carbocycles. The lowest BCUT2D eigenvalue weighted by atomic mass is 9.96. The van der Waals surface area contributed by atoms with Crippen molar-refractivity contribution in [1.29, 1.82) is 0 Å². The predicted molar refractivity (Wildman–Crippen MR) is 110 cm³/mol. The Hall–Kier alpha value is -3.06. The van der Waals surface area contributed by atoms with Crippen LogP contribution >= 0.6 is 11.3 Å². The lowest BCUT2D eigenvalue weighted by molar-refractivity contribution is -0.118. The minimum Gasteiger partial charge on any atom is -0.465 e. The summed E-state index contributed by atoms with van der Waals surface area (Å²) in [5, 5.41) is 2.51. The zero-order valence-corrected chi connectivity index (χ0v) is 16.7. The maximum absolute atomic E-state index is 13.5. The van der Waals surface area contributed by atoms with Crippen LogP contribution in [0.2, 0.25) is 0 Å². The van der Waals surface area contributed by atoms with Gasteiger partial charge in [0, 0.05) is 23.2 Å². The summed E-state index contributed by atoms with van der Waals surface area (Å²) in [6, 6.07) is 11.6. The highest BCUT2D eigenvalue weighted by Crippen LogP contribution is 2.31. The fourth-order valence-corrected chi connectivity index (χ4v) is 4.39. The first-order valence-electron chi connectivity index (χ1n) is 9.27. The van der Waals surface area contributed by atoms with Gasteiger partial charge < -0.3 is 9.64 Å². The quantitative estimate of drug-likeness (QED) is 0.603. The van der Waals surface area contributed by atoms with E-state index >= 15 is 0 Å². The van der Waals surface area contributed by atoms with Gasteiger partial charge in [-0.25, -0.2) is 14.2 Å². The molecule has 2 heterocycles. The van der Waals surface area contributed by atoms with Gasteiger partial charge in [0.05, 0.1) is 24.8 Å². The standard InChI is InChI=1S/C22H19FN2O3S/c1-28-22(27)18-7-3-9-19-17(18)8-4-10-25(19)20(26)12-16-13-29-21(24-16)14-5-2-6-15(23)11-14/h2-3,5-7,9,11,13H,4,8,10,12H2,1H3. The molecule has 0 fully saturated rings. The third-order valence-corrected chi connectivity index (χ3v) is 5.85. The number of rotatable bonds is 4. The van der Waals surface area contributed by atoms with Crippen LogP contribution in [0.4, 0.5) is 10.1 Å². The summed E-state index contributed by atoms with van der Waals surface area (Å²) in [6.07, 6.45) is 1.65. The van der Waals surface area contributed by atoms with Crippen LogP contribution in [-0.2, 0) is 22.4 Å². The molecule has 0 unspecified atom stereocenters. The van der Waals surface area contributed by atoms with E-state index in [1.807, 2.05) is 11.4 Å². The molecule has 5 nitrogen and oxygen atoms in total. The molecule has 3 aromatic rings. The molecule has 148 valence electrons. The number of thiazole rings is 1. The van der Waals surface area contributed by atoms with E-state index in [-0.39, 0.29) is 18.1 Å². The number of amides is 1. The largest absolute Gasteiger partial charge is 0.465 e. The molecular weight excluding hydrogens is 391 g/mol. The van der Waals surface area contributed by atoms with Crippen LogP contribution in [0.5, 0.6) is 0 Å². The topological polar surface area (TPSA) is 59.5 Å². The Morgan fingerprint density at radius 1 is 1.24 bits per heavy atom. The van der Waals surface area contributed by atoms with Crippen LogP contribution in [0.1, 0.15) is 28.0 Å². The van der Waals surface area contributed by atoms with Crippen LogP contribution in [0.15, 0.2) is 47.8 Å². The van der Waals surface area contributed by atoms with Crippen molar-refractivity contribution in [3.05, 3.63) is 70.5 Å². The van der Waals surface area contributed by atoms with Crippen molar-refractivity contribution >= 4 is 28.9 Å². The molecule has 1 aromatic heterocycles. The highest BCUT2D eigenvalue weighted by atomic mass is 32.1. The highest BCUT2D eigenvalue weighted by molar-refractivity contribution is 7.13. The fraction of sp³-hybridized carbons (Fsp3) is 0.227. The number of benzene rings is 2. The summed E-state index contributed by atoms with van der Waals surface area (Å²) in [6.45, 7) is 0.595. The first-order valence-corrected chi connectivity index (χ1v) is 10.2. The maximum Gasteiger partial charge on any atom is 0.338 e. The zero-order valence-electron chi connectivity index (χ0n) is 15.9. The first kappa shape index (κ1) is 19.3. The second kappa shape index (κ2) is 8.13. The zero-order chi connectivity index (χ0) is 20.4. The van der Waals surface area contributed by atoms with E-state index in [9.17, 15) is 14.0 Å². The molecule has 7 heteroatoms. The van der Waals surface area contributed by atoms with Crippen molar-refractivity contribution in [3.63, 3.8) is 0 Å². The molecule has 1 aliphatic heterocycles. The SMILES string of the molecule is COC(=O)c1cccc2c1CCCN2C(=O)Cc1csc(-c2cccc(F)c2)n1. The molecule has 1 amide bonds. The van der Waals surface area contributed by atoms with E-state index in [1.165, 1.54) is 30.6 Å². The number of carbonyl (C=O) groups excluding carboxylic acids is 2. The monoisotopic (exact) mass is 410 g/mol. The first-order chi connectivity index (χ1) is 14.1. The van der Waals surface area contributed by atoms with Crippen molar-refractivity contribution in [2.75, 3.05) is 18.6 Å². The Labute approximate surface area is 171 Å². The van der Waals surface area contributed by atoms with Crippen LogP contribution in [-0.4, -0.2) is 30.5 Å². The molecule has 0 spiro atoms. The molecule has 0 radical (unpaired) electrons. The molecule has 4 rings (SSSR count). The number of methoxy groups -OCH3 is 1. The Balaban J connectivity index is 1.56. The Morgan fingerprint density at radius 2 is 2.07 bits per heavy atom. The van der Waals surface area contributed by atoms with Gasteiger partial charge in [0.15, 0.2) is 0 Å². The number of carbonyl (C=O) groups is 2. The van der Waals surface area contributed by atoms with E-state index in [1.54, 1.807) is 29.2 Å². The van der Waals surface area contributed by atoms with Crippen molar-refractivity contribution in [2.24, 2.45) is 0 Å². The van der Waals surface area contributed by atoms with Gasteiger partial charge in [0.25, 0.3) is 0 Å². The van der Waals surface area contributed by atoms with Crippen LogP contribution in [0.3, 0.4) is 0 Å². The third kappa shape index (κ3) is 3.91. The van der Waals surface area contributed by atoms with Gasteiger partial charge in [-0.3, -0.25) is 4.79 Å². The van der Waals surface area contributed by atoms with Crippen LogP contribution < -0.4 is 4.90 Å². The third-order valence-electron chi connectivity index (χ3n) is 4.91. The smallest absolute Gasteiger partial charge is 0.338 e. The summed E-state index contributed by atoms with van der Waals surface area (Å²) in [5.41, 5.74) is 3.45. The average molecular weight is 410 g/mol. The number of hydrogen-bond acceptors (Lipinski definition) is 5. The second-order valence-corrected chi connectivity index (χ2v) is 7.63. The average Bonchev–Trinajstić information content (AvgIpc) is 3.20. The number of fused-ring (bicyclic) bond motifs is 1. The number of ether oxygens (including phenoxy) is 1.